The van der Waals surface area contributed by atoms with E-state index in [-0.39, 0.29) is 17.9 Å². The molecule has 4 heteroatoms. The first-order chi connectivity index (χ1) is 9.08. The van der Waals surface area contributed by atoms with E-state index in [1.165, 1.54) is 0 Å². The molecule has 19 heavy (non-hydrogen) atoms. The molecule has 0 saturated heterocycles. The zero-order chi connectivity index (χ0) is 13.8. The predicted octanol–water partition coefficient (Wildman–Crippen LogP) is 2.98. The van der Waals surface area contributed by atoms with E-state index in [1.807, 2.05) is 6.07 Å². The third-order valence-corrected chi connectivity index (χ3v) is 2.82. The summed E-state index contributed by atoms with van der Waals surface area (Å²) in [7, 11) is 0. The second-order valence-electron chi connectivity index (χ2n) is 4.19. The fraction of sp³-hybridized carbons (Fsp3) is 0.133. The normalized spacial score (nSPS) is 10.2. The molecule has 2 aromatic carbocycles. The van der Waals surface area contributed by atoms with Crippen LogP contribution in [0.1, 0.15) is 21.5 Å². The minimum absolute atomic E-state index is 0.178. The maximum Gasteiger partial charge on any atom is 0.336 e. The monoisotopic (exact) mass is 258 g/mol. The predicted molar refractivity (Wildman–Crippen MR) is 70.6 cm³/mol. The highest BCUT2D eigenvalue weighted by atomic mass is 16.5. The molecule has 0 fully saturated rings. The topological polar surface area (TPSA) is 66.8 Å². The SMILES string of the molecule is Cc1c(OCc2cccc(O)c2)cccc1C(=O)O. The van der Waals surface area contributed by atoms with Gasteiger partial charge in [0.15, 0.2) is 0 Å². The number of phenolic OH excluding ortho intramolecular Hbond substituents is 1. The van der Waals surface area contributed by atoms with Gasteiger partial charge in [-0.1, -0.05) is 18.2 Å². The van der Waals surface area contributed by atoms with Crippen molar-refractivity contribution in [3.63, 3.8) is 0 Å². The van der Waals surface area contributed by atoms with Gasteiger partial charge in [0.25, 0.3) is 0 Å². The number of carboxylic acids is 1. The summed E-state index contributed by atoms with van der Waals surface area (Å²) >= 11 is 0. The highest BCUT2D eigenvalue weighted by molar-refractivity contribution is 5.90. The van der Waals surface area contributed by atoms with Crippen molar-refractivity contribution >= 4 is 5.97 Å². The second-order valence-corrected chi connectivity index (χ2v) is 4.19. The van der Waals surface area contributed by atoms with E-state index in [1.54, 1.807) is 43.3 Å². The summed E-state index contributed by atoms with van der Waals surface area (Å²) in [5.41, 5.74) is 1.64. The van der Waals surface area contributed by atoms with Gasteiger partial charge in [-0.25, -0.2) is 4.79 Å². The highest BCUT2D eigenvalue weighted by Crippen LogP contribution is 2.23. The number of hydrogen-bond donors (Lipinski definition) is 2. The number of phenols is 1. The van der Waals surface area contributed by atoms with Crippen LogP contribution < -0.4 is 4.74 Å². The Balaban J connectivity index is 2.16. The number of carbonyl (C=O) groups is 1. The molecule has 2 N–H and O–H groups in total. The molecular formula is C15H14O4. The lowest BCUT2D eigenvalue weighted by molar-refractivity contribution is 0.0695. The number of rotatable bonds is 4. The van der Waals surface area contributed by atoms with E-state index in [0.717, 1.165) is 5.56 Å². The molecule has 0 aliphatic carbocycles. The van der Waals surface area contributed by atoms with Crippen LogP contribution >= 0.6 is 0 Å². The number of benzene rings is 2. The standard InChI is InChI=1S/C15H14O4/c1-10-13(15(17)18)6-3-7-14(10)19-9-11-4-2-5-12(16)8-11/h2-8,16H,9H2,1H3,(H,17,18). The highest BCUT2D eigenvalue weighted by Gasteiger charge is 2.10. The Morgan fingerprint density at radius 1 is 1.21 bits per heavy atom. The fourth-order valence-corrected chi connectivity index (χ4v) is 1.81. The molecule has 0 bridgehead atoms. The van der Waals surface area contributed by atoms with Crippen LogP contribution in [0.25, 0.3) is 0 Å². The van der Waals surface area contributed by atoms with Crippen LogP contribution in [0, 0.1) is 6.92 Å². The summed E-state index contributed by atoms with van der Waals surface area (Å²) in [5.74, 6) is -0.263. The Hall–Kier alpha value is -2.49. The maximum atomic E-state index is 11.0. The van der Waals surface area contributed by atoms with E-state index in [4.69, 9.17) is 9.84 Å². The average molecular weight is 258 g/mol. The van der Waals surface area contributed by atoms with Gasteiger partial charge in [0, 0.05) is 5.56 Å². The average Bonchev–Trinajstić information content (AvgIpc) is 2.37. The van der Waals surface area contributed by atoms with Crippen LogP contribution in [-0.2, 0) is 6.61 Å². The lowest BCUT2D eigenvalue weighted by Crippen LogP contribution is -2.03. The molecule has 2 rings (SSSR count). The third-order valence-electron chi connectivity index (χ3n) is 2.82. The van der Waals surface area contributed by atoms with Crippen molar-refractivity contribution in [2.75, 3.05) is 0 Å². The maximum absolute atomic E-state index is 11.0. The van der Waals surface area contributed by atoms with E-state index >= 15 is 0 Å². The molecule has 0 aliphatic rings. The van der Waals surface area contributed by atoms with Gasteiger partial charge in [-0.2, -0.15) is 0 Å². The number of carboxylic acid groups (broad SMARTS) is 1. The van der Waals surface area contributed by atoms with Gasteiger partial charge in [0.1, 0.15) is 18.1 Å². The van der Waals surface area contributed by atoms with Crippen molar-refractivity contribution in [1.82, 2.24) is 0 Å². The Bertz CT molecular complexity index is 605. The molecule has 0 heterocycles. The van der Waals surface area contributed by atoms with Crippen LogP contribution in [0.5, 0.6) is 11.5 Å². The van der Waals surface area contributed by atoms with Gasteiger partial charge in [-0.05, 0) is 36.8 Å². The van der Waals surface area contributed by atoms with Gasteiger partial charge in [0.05, 0.1) is 5.56 Å². The zero-order valence-electron chi connectivity index (χ0n) is 10.5. The molecule has 0 atom stereocenters. The first-order valence-electron chi connectivity index (χ1n) is 5.81. The van der Waals surface area contributed by atoms with E-state index in [0.29, 0.717) is 11.3 Å². The molecule has 98 valence electrons. The molecule has 0 amide bonds. The molecule has 2 aromatic rings. The Kier molecular flexibility index (Phi) is 3.71. The van der Waals surface area contributed by atoms with Crippen LogP contribution in [0.15, 0.2) is 42.5 Å². The zero-order valence-corrected chi connectivity index (χ0v) is 10.5. The van der Waals surface area contributed by atoms with E-state index < -0.39 is 5.97 Å². The molecule has 4 nitrogen and oxygen atoms in total. The van der Waals surface area contributed by atoms with E-state index in [2.05, 4.69) is 0 Å². The van der Waals surface area contributed by atoms with Crippen LogP contribution in [-0.4, -0.2) is 16.2 Å². The van der Waals surface area contributed by atoms with E-state index in [9.17, 15) is 9.90 Å². The van der Waals surface area contributed by atoms with Gasteiger partial charge >= 0.3 is 5.97 Å². The third kappa shape index (κ3) is 3.04. The summed E-state index contributed by atoms with van der Waals surface area (Å²) in [6.07, 6.45) is 0. The lowest BCUT2D eigenvalue weighted by Gasteiger charge is -2.11. The molecule has 0 spiro atoms. The number of ether oxygens (including phenoxy) is 1. The van der Waals surface area contributed by atoms with Crippen LogP contribution in [0.4, 0.5) is 0 Å². The smallest absolute Gasteiger partial charge is 0.336 e. The van der Waals surface area contributed by atoms with Crippen molar-refractivity contribution in [2.45, 2.75) is 13.5 Å². The Morgan fingerprint density at radius 2 is 1.95 bits per heavy atom. The van der Waals surface area contributed by atoms with Crippen molar-refractivity contribution < 1.29 is 19.7 Å². The molecular weight excluding hydrogens is 244 g/mol. The van der Waals surface area contributed by atoms with Crippen LogP contribution in [0.2, 0.25) is 0 Å². The first-order valence-corrected chi connectivity index (χ1v) is 5.81. The minimum Gasteiger partial charge on any atom is -0.508 e. The summed E-state index contributed by atoms with van der Waals surface area (Å²) in [5, 5.41) is 18.4. The number of aromatic carboxylic acids is 1. The van der Waals surface area contributed by atoms with Crippen molar-refractivity contribution in [1.29, 1.82) is 0 Å². The first kappa shape index (κ1) is 13.0. The fourth-order valence-electron chi connectivity index (χ4n) is 1.81. The van der Waals surface area contributed by atoms with Gasteiger partial charge < -0.3 is 14.9 Å². The Labute approximate surface area is 110 Å². The van der Waals surface area contributed by atoms with Gasteiger partial charge in [-0.15, -0.1) is 0 Å². The minimum atomic E-state index is -0.972. The summed E-state index contributed by atoms with van der Waals surface area (Å²) in [6.45, 7) is 1.99. The molecule has 0 radical (unpaired) electrons. The molecule has 0 aliphatic heterocycles. The van der Waals surface area contributed by atoms with Gasteiger partial charge in [-0.3, -0.25) is 0 Å². The molecule has 0 unspecified atom stereocenters. The summed E-state index contributed by atoms with van der Waals surface area (Å²) < 4.78 is 5.59. The number of aromatic hydroxyl groups is 1. The van der Waals surface area contributed by atoms with Gasteiger partial charge in [0.2, 0.25) is 0 Å². The second kappa shape index (κ2) is 5.44. The van der Waals surface area contributed by atoms with Crippen molar-refractivity contribution in [2.24, 2.45) is 0 Å². The molecule has 0 saturated carbocycles. The number of hydrogen-bond acceptors (Lipinski definition) is 3. The Morgan fingerprint density at radius 3 is 2.63 bits per heavy atom. The quantitative estimate of drug-likeness (QED) is 0.884. The van der Waals surface area contributed by atoms with Crippen molar-refractivity contribution in [3.05, 3.63) is 59.2 Å². The summed E-state index contributed by atoms with van der Waals surface area (Å²) in [6, 6.07) is 11.7. The largest absolute Gasteiger partial charge is 0.508 e. The molecule has 0 aromatic heterocycles. The summed E-state index contributed by atoms with van der Waals surface area (Å²) in [4.78, 5) is 11.0. The van der Waals surface area contributed by atoms with Crippen molar-refractivity contribution in [3.8, 4) is 11.5 Å². The lowest BCUT2D eigenvalue weighted by atomic mass is 10.1. The van der Waals surface area contributed by atoms with Crippen LogP contribution in [0.3, 0.4) is 0 Å².